The number of hydrogen-bond donors (Lipinski definition) is 0. The number of rotatable bonds is 5. The number of nitrogens with zero attached hydrogens (tertiary/aromatic N) is 2. The van der Waals surface area contributed by atoms with Gasteiger partial charge in [0, 0.05) is 48.0 Å². The van der Waals surface area contributed by atoms with E-state index in [1.165, 1.54) is 5.56 Å². The summed E-state index contributed by atoms with van der Waals surface area (Å²) in [5.41, 5.74) is 7.45. The van der Waals surface area contributed by atoms with Crippen molar-refractivity contribution < 1.29 is 33.2 Å². The normalized spacial score (nSPS) is 16.8. The summed E-state index contributed by atoms with van der Waals surface area (Å²) >= 11 is 0. The molecule has 8 rings (SSSR count). The lowest BCUT2D eigenvalue weighted by Crippen LogP contribution is -2.34. The smallest absolute Gasteiger partial charge is 0.208 e. The third-order valence-corrected chi connectivity index (χ3v) is 9.43. The summed E-state index contributed by atoms with van der Waals surface area (Å²) in [7, 11) is 10.4. The zero-order valence-electron chi connectivity index (χ0n) is 27.8. The molecule has 4 aromatic carbocycles. The minimum Gasteiger partial charge on any atom is -0.493 e. The van der Waals surface area contributed by atoms with Crippen LogP contribution in [-0.4, -0.2) is 66.3 Å². The van der Waals surface area contributed by atoms with Crippen LogP contribution in [0.15, 0.2) is 59.6 Å². The number of hydrogen-bond acceptors (Lipinski definition) is 9. The Morgan fingerprint density at radius 2 is 1.45 bits per heavy atom. The number of ether oxygens (including phenoxy) is 7. The van der Waals surface area contributed by atoms with E-state index in [4.69, 9.17) is 38.2 Å². The van der Waals surface area contributed by atoms with Gasteiger partial charge in [-0.05, 0) is 79.4 Å². The highest BCUT2D eigenvalue weighted by Gasteiger charge is 2.37. The van der Waals surface area contributed by atoms with Gasteiger partial charge in [-0.2, -0.15) is 0 Å². The summed E-state index contributed by atoms with van der Waals surface area (Å²) < 4.78 is 43.1. The molecule has 4 aliphatic rings. The molecule has 4 heterocycles. The van der Waals surface area contributed by atoms with Gasteiger partial charge in [0.05, 0.1) is 35.5 Å². The Balaban J connectivity index is 1.50. The Labute approximate surface area is 275 Å². The first-order valence-corrected chi connectivity index (χ1v) is 15.9. The maximum atomic E-state index is 7.00. The minimum absolute atomic E-state index is 0.0948. The van der Waals surface area contributed by atoms with E-state index < -0.39 is 0 Å². The number of aliphatic imine (C=N–C) groups is 1. The first kappa shape index (κ1) is 30.7. The molecule has 0 saturated heterocycles. The Morgan fingerprint density at radius 1 is 0.723 bits per heavy atom. The van der Waals surface area contributed by atoms with E-state index >= 15 is 0 Å². The van der Waals surface area contributed by atoms with Crippen LogP contribution in [0.5, 0.6) is 51.7 Å². The van der Waals surface area contributed by atoms with Crippen molar-refractivity contribution in [2.24, 2.45) is 4.99 Å². The number of methoxy groups -OCH3 is 5. The van der Waals surface area contributed by atoms with Gasteiger partial charge >= 0.3 is 0 Å². The Bertz CT molecular complexity index is 1850. The van der Waals surface area contributed by atoms with Crippen LogP contribution < -0.4 is 33.2 Å². The lowest BCUT2D eigenvalue weighted by atomic mass is 9.86. The van der Waals surface area contributed by atoms with Crippen molar-refractivity contribution in [2.45, 2.75) is 31.7 Å². The third-order valence-electron chi connectivity index (χ3n) is 9.43. The zero-order valence-corrected chi connectivity index (χ0v) is 27.8. The molecule has 0 radical (unpaired) electrons. The van der Waals surface area contributed by atoms with E-state index in [9.17, 15) is 0 Å². The first-order valence-electron chi connectivity index (χ1n) is 15.9. The van der Waals surface area contributed by atoms with Gasteiger partial charge in [-0.3, -0.25) is 9.89 Å². The molecule has 0 aliphatic carbocycles. The third kappa shape index (κ3) is 5.48. The highest BCUT2D eigenvalue weighted by Crippen LogP contribution is 2.56. The van der Waals surface area contributed by atoms with Crippen molar-refractivity contribution in [1.29, 1.82) is 0 Å². The molecule has 244 valence electrons. The maximum absolute atomic E-state index is 7.00. The minimum atomic E-state index is -0.0948. The fourth-order valence-electron chi connectivity index (χ4n) is 7.06. The largest absolute Gasteiger partial charge is 0.493 e. The topological polar surface area (TPSA) is 80.2 Å². The average molecular weight is 637 g/mol. The van der Waals surface area contributed by atoms with Crippen LogP contribution in [0.1, 0.15) is 39.4 Å². The van der Waals surface area contributed by atoms with Gasteiger partial charge in [-0.15, -0.1) is 0 Å². The summed E-state index contributed by atoms with van der Waals surface area (Å²) in [4.78, 5) is 7.32. The van der Waals surface area contributed by atoms with Crippen LogP contribution >= 0.6 is 0 Å². The van der Waals surface area contributed by atoms with E-state index in [1.807, 2.05) is 18.2 Å². The highest BCUT2D eigenvalue weighted by molar-refractivity contribution is 6.04. The molecule has 4 aliphatic heterocycles. The van der Waals surface area contributed by atoms with Crippen LogP contribution in [0.2, 0.25) is 0 Å². The number of fused-ring (bicyclic) bond motifs is 2. The summed E-state index contributed by atoms with van der Waals surface area (Å²) in [5, 5.41) is 0. The van der Waals surface area contributed by atoms with E-state index in [0.717, 1.165) is 58.7 Å². The van der Waals surface area contributed by atoms with E-state index in [1.54, 1.807) is 35.5 Å². The molecule has 0 aromatic heterocycles. The quantitative estimate of drug-likeness (QED) is 0.232. The molecule has 4 aromatic rings. The fraction of sp³-hybridized carbons (Fsp3) is 0.342. The predicted octanol–water partition coefficient (Wildman–Crippen LogP) is 6.99. The molecule has 0 saturated carbocycles. The SMILES string of the molecule is COc1ccc2cc1Oc1ccc(cc1)CC1=NCCc3cc(OC)c(cc31)Oc1c(OC)c(OC)c(OC)c3c1[C@@H](C2)N(C)CC3. The van der Waals surface area contributed by atoms with Gasteiger partial charge in [-0.1, -0.05) is 18.2 Å². The van der Waals surface area contributed by atoms with Crippen molar-refractivity contribution in [3.8, 4) is 51.7 Å². The second kappa shape index (κ2) is 12.7. The zero-order chi connectivity index (χ0) is 32.7. The Hall–Kier alpha value is -4.89. The molecule has 0 unspecified atom stereocenters. The molecule has 0 amide bonds. The van der Waals surface area contributed by atoms with Crippen molar-refractivity contribution in [3.63, 3.8) is 0 Å². The van der Waals surface area contributed by atoms with Crippen molar-refractivity contribution in [3.05, 3.63) is 88.0 Å². The maximum Gasteiger partial charge on any atom is 0.208 e. The first-order chi connectivity index (χ1) is 23.0. The highest BCUT2D eigenvalue weighted by atomic mass is 16.6. The molecule has 47 heavy (non-hydrogen) atoms. The average Bonchev–Trinajstić information content (AvgIpc) is 3.09. The summed E-state index contributed by atoms with van der Waals surface area (Å²) in [5.74, 6) is 5.47. The molecule has 9 nitrogen and oxygen atoms in total. The summed E-state index contributed by atoms with van der Waals surface area (Å²) in [6, 6.07) is 18.3. The van der Waals surface area contributed by atoms with Gasteiger partial charge in [0.1, 0.15) is 5.75 Å². The number of likely N-dealkylation sites (N-methyl/N-ethyl adjacent to an activating group) is 1. The van der Waals surface area contributed by atoms with Crippen LogP contribution in [0.25, 0.3) is 0 Å². The second-order valence-corrected chi connectivity index (χ2v) is 12.0. The molecular weight excluding hydrogens is 596 g/mol. The van der Waals surface area contributed by atoms with Crippen LogP contribution in [0.4, 0.5) is 0 Å². The standard InChI is InChI=1S/C38H40N2O7/c1-40-16-14-26-34-29(40)18-23-9-12-30(41-2)32(19-23)46-25-10-7-22(8-11-25)17-28-27-21-33(31(42-3)20-24(27)13-15-39-28)47-36(34)38(45-6)37(44-5)35(26)43-4/h7-12,19-21,29H,13-18H2,1-6H3/t29-/m1/s1. The monoisotopic (exact) mass is 636 g/mol. The molecular formula is C38H40N2O7. The van der Waals surface area contributed by atoms with Gasteiger partial charge in [0.2, 0.25) is 11.5 Å². The van der Waals surface area contributed by atoms with E-state index in [-0.39, 0.29) is 6.04 Å². The van der Waals surface area contributed by atoms with E-state index in [2.05, 4.69) is 48.3 Å². The molecule has 0 fully saturated rings. The molecule has 6 bridgehead atoms. The summed E-state index contributed by atoms with van der Waals surface area (Å²) in [6.07, 6.45) is 2.90. The van der Waals surface area contributed by atoms with Crippen molar-refractivity contribution >= 4 is 5.71 Å². The lowest BCUT2D eigenvalue weighted by molar-refractivity contribution is 0.216. The number of benzene rings is 4. The fourth-order valence-corrected chi connectivity index (χ4v) is 7.06. The van der Waals surface area contributed by atoms with Crippen LogP contribution in [0.3, 0.4) is 0 Å². The van der Waals surface area contributed by atoms with Crippen LogP contribution in [-0.2, 0) is 25.7 Å². The van der Waals surface area contributed by atoms with Crippen LogP contribution in [0, 0.1) is 0 Å². The molecule has 1 atom stereocenters. The Morgan fingerprint density at radius 3 is 2.17 bits per heavy atom. The van der Waals surface area contributed by atoms with E-state index in [0.29, 0.717) is 65.4 Å². The second-order valence-electron chi connectivity index (χ2n) is 12.0. The molecule has 9 heteroatoms. The van der Waals surface area contributed by atoms with Crippen molar-refractivity contribution in [2.75, 3.05) is 55.7 Å². The predicted molar refractivity (Wildman–Crippen MR) is 180 cm³/mol. The molecule has 0 N–H and O–H groups in total. The summed E-state index contributed by atoms with van der Waals surface area (Å²) in [6.45, 7) is 1.53. The lowest BCUT2D eigenvalue weighted by Gasteiger charge is -2.37. The van der Waals surface area contributed by atoms with Crippen molar-refractivity contribution in [1.82, 2.24) is 4.90 Å². The Kier molecular flexibility index (Phi) is 8.32. The van der Waals surface area contributed by atoms with Gasteiger partial charge in [0.15, 0.2) is 34.5 Å². The molecule has 0 spiro atoms. The van der Waals surface area contributed by atoms with Gasteiger partial charge in [0.25, 0.3) is 0 Å². The van der Waals surface area contributed by atoms with Gasteiger partial charge in [-0.25, -0.2) is 0 Å². The van der Waals surface area contributed by atoms with Gasteiger partial charge < -0.3 is 33.2 Å².